The van der Waals surface area contributed by atoms with Crippen molar-refractivity contribution >= 4 is 5.82 Å². The Morgan fingerprint density at radius 2 is 2.44 bits per heavy atom. The van der Waals surface area contributed by atoms with Gasteiger partial charge in [-0.3, -0.25) is 0 Å². The maximum Gasteiger partial charge on any atom is 0.179 e. The minimum Gasteiger partial charge on any atom is -0.491 e. The topological polar surface area (TPSA) is 52.4 Å². The highest BCUT2D eigenvalue weighted by molar-refractivity contribution is 5.41. The fourth-order valence-corrected chi connectivity index (χ4v) is 2.07. The number of pyridine rings is 1. The maximum absolute atomic E-state index is 8.95. The Hall–Kier alpha value is -1.96. The van der Waals surface area contributed by atoms with Crippen LogP contribution in [-0.4, -0.2) is 43.2 Å². The number of nitrogens with zero attached hydrogens (tertiary/aromatic N) is 4. The van der Waals surface area contributed by atoms with Crippen LogP contribution >= 0.6 is 0 Å². The van der Waals surface area contributed by atoms with Crippen molar-refractivity contribution in [3.05, 3.63) is 18.3 Å². The second kappa shape index (κ2) is 5.58. The smallest absolute Gasteiger partial charge is 0.179 e. The molecule has 0 amide bonds. The third kappa shape index (κ3) is 2.83. The lowest BCUT2D eigenvalue weighted by molar-refractivity contribution is 0.219. The Kier molecular flexibility index (Phi) is 3.88. The highest BCUT2D eigenvalue weighted by atomic mass is 16.5. The first kappa shape index (κ1) is 12.5. The third-order valence-corrected chi connectivity index (χ3v) is 3.12. The largest absolute Gasteiger partial charge is 0.491 e. The van der Waals surface area contributed by atoms with Gasteiger partial charge >= 0.3 is 0 Å². The van der Waals surface area contributed by atoms with Gasteiger partial charge in [0.2, 0.25) is 0 Å². The number of rotatable bonds is 4. The van der Waals surface area contributed by atoms with Gasteiger partial charge in [0.05, 0.1) is 6.04 Å². The Morgan fingerprint density at radius 3 is 3.17 bits per heavy atom. The number of hydrogen-bond donors (Lipinski definition) is 0. The van der Waals surface area contributed by atoms with E-state index in [1.165, 1.54) is 0 Å². The normalized spacial score (nSPS) is 18.5. The van der Waals surface area contributed by atoms with Gasteiger partial charge < -0.3 is 14.5 Å². The highest BCUT2D eigenvalue weighted by Crippen LogP contribution is 2.20. The van der Waals surface area contributed by atoms with E-state index in [1.54, 1.807) is 11.1 Å². The zero-order valence-electron chi connectivity index (χ0n) is 10.8. The Labute approximate surface area is 108 Å². The van der Waals surface area contributed by atoms with Crippen molar-refractivity contribution < 1.29 is 4.74 Å². The lowest BCUT2D eigenvalue weighted by Crippen LogP contribution is -2.30. The molecule has 2 rings (SSSR count). The Bertz CT molecular complexity index is 441. The number of aromatic nitrogens is 1. The zero-order valence-corrected chi connectivity index (χ0v) is 10.8. The molecule has 1 unspecified atom stereocenters. The number of ether oxygens (including phenoxy) is 1. The van der Waals surface area contributed by atoms with Crippen LogP contribution in [0.15, 0.2) is 18.3 Å². The van der Waals surface area contributed by atoms with Crippen LogP contribution in [0.5, 0.6) is 5.75 Å². The van der Waals surface area contributed by atoms with Crippen molar-refractivity contribution in [1.29, 1.82) is 5.26 Å². The first-order valence-corrected chi connectivity index (χ1v) is 6.13. The summed E-state index contributed by atoms with van der Waals surface area (Å²) in [6.45, 7) is 1.41. The minimum absolute atomic E-state index is 0.214. The highest BCUT2D eigenvalue weighted by Gasteiger charge is 2.23. The molecular weight excluding hydrogens is 228 g/mol. The average Bonchev–Trinajstić information content (AvgIpc) is 2.84. The number of likely N-dealkylation sites (tertiary alicyclic amines) is 1. The summed E-state index contributed by atoms with van der Waals surface area (Å²) in [6, 6.07) is 3.97. The van der Waals surface area contributed by atoms with Crippen molar-refractivity contribution in [2.45, 2.75) is 18.9 Å². The van der Waals surface area contributed by atoms with E-state index in [9.17, 15) is 0 Å². The molecule has 0 radical (unpaired) electrons. The summed E-state index contributed by atoms with van der Waals surface area (Å²) < 4.78 is 5.75. The molecule has 1 aliphatic rings. The van der Waals surface area contributed by atoms with Crippen LogP contribution in [0.2, 0.25) is 0 Å². The molecule has 1 aromatic heterocycles. The van der Waals surface area contributed by atoms with E-state index < -0.39 is 0 Å². The van der Waals surface area contributed by atoms with E-state index in [0.29, 0.717) is 6.61 Å². The maximum atomic E-state index is 8.95. The van der Waals surface area contributed by atoms with Gasteiger partial charge in [0.15, 0.2) is 6.19 Å². The van der Waals surface area contributed by atoms with E-state index >= 15 is 0 Å². The second-order valence-electron chi connectivity index (χ2n) is 4.64. The summed E-state index contributed by atoms with van der Waals surface area (Å²) in [4.78, 5) is 7.97. The van der Waals surface area contributed by atoms with Gasteiger partial charge in [0, 0.05) is 32.9 Å². The average molecular weight is 246 g/mol. The van der Waals surface area contributed by atoms with Crippen LogP contribution in [0.4, 0.5) is 5.82 Å². The number of hydrogen-bond acceptors (Lipinski definition) is 5. The van der Waals surface area contributed by atoms with Crippen LogP contribution < -0.4 is 9.64 Å². The Morgan fingerprint density at radius 1 is 1.61 bits per heavy atom. The van der Waals surface area contributed by atoms with E-state index in [2.05, 4.69) is 11.2 Å². The van der Waals surface area contributed by atoms with Crippen LogP contribution in [0.25, 0.3) is 0 Å². The monoisotopic (exact) mass is 246 g/mol. The number of anilines is 1. The van der Waals surface area contributed by atoms with Gasteiger partial charge in [-0.15, -0.1) is 0 Å². The van der Waals surface area contributed by atoms with Crippen molar-refractivity contribution in [3.8, 4) is 11.9 Å². The fourth-order valence-electron chi connectivity index (χ4n) is 2.07. The molecule has 0 aromatic carbocycles. The summed E-state index contributed by atoms with van der Waals surface area (Å²) in [6.07, 6.45) is 6.05. The quantitative estimate of drug-likeness (QED) is 0.753. The molecule has 0 spiro atoms. The van der Waals surface area contributed by atoms with Crippen molar-refractivity contribution in [1.82, 2.24) is 9.88 Å². The first-order valence-electron chi connectivity index (χ1n) is 6.13. The van der Waals surface area contributed by atoms with E-state index in [4.69, 9.17) is 10.00 Å². The molecule has 0 aliphatic carbocycles. The summed E-state index contributed by atoms with van der Waals surface area (Å²) in [5.41, 5.74) is 0. The molecule has 0 saturated carbocycles. The Balaban J connectivity index is 1.94. The van der Waals surface area contributed by atoms with E-state index in [-0.39, 0.29) is 6.04 Å². The van der Waals surface area contributed by atoms with Gasteiger partial charge in [-0.1, -0.05) is 0 Å². The molecule has 96 valence electrons. The molecule has 1 aliphatic heterocycles. The summed E-state index contributed by atoms with van der Waals surface area (Å²) in [5.74, 6) is 1.68. The third-order valence-electron chi connectivity index (χ3n) is 3.12. The molecule has 0 N–H and O–H groups in total. The predicted octanol–water partition coefficient (Wildman–Crippen LogP) is 1.47. The van der Waals surface area contributed by atoms with Crippen molar-refractivity contribution in [2.75, 3.05) is 32.1 Å². The molecule has 18 heavy (non-hydrogen) atoms. The van der Waals surface area contributed by atoms with Crippen LogP contribution in [0, 0.1) is 11.5 Å². The molecule has 1 atom stereocenters. The van der Waals surface area contributed by atoms with Gasteiger partial charge in [-0.05, 0) is 18.9 Å². The van der Waals surface area contributed by atoms with Crippen LogP contribution in [0.1, 0.15) is 12.8 Å². The molecule has 1 aromatic rings. The molecule has 1 saturated heterocycles. The summed E-state index contributed by atoms with van der Waals surface area (Å²) in [5, 5.41) is 8.95. The van der Waals surface area contributed by atoms with Gasteiger partial charge in [0.1, 0.15) is 18.2 Å². The van der Waals surface area contributed by atoms with Crippen molar-refractivity contribution in [2.24, 2.45) is 0 Å². The fraction of sp³-hybridized carbons (Fsp3) is 0.538. The van der Waals surface area contributed by atoms with Gasteiger partial charge in [0.25, 0.3) is 0 Å². The van der Waals surface area contributed by atoms with Gasteiger partial charge in [-0.2, -0.15) is 5.26 Å². The summed E-state index contributed by atoms with van der Waals surface area (Å²) in [7, 11) is 3.89. The standard InChI is InChI=1S/C13H18N4O/c1-16(2)13-8-12(5-6-15-13)18-9-11-4-3-7-17(11)10-14/h5-6,8,11H,3-4,7,9H2,1-2H3. The predicted molar refractivity (Wildman–Crippen MR) is 69.4 cm³/mol. The molecular formula is C13H18N4O. The molecule has 0 bridgehead atoms. The van der Waals surface area contributed by atoms with Crippen LogP contribution in [-0.2, 0) is 0 Å². The summed E-state index contributed by atoms with van der Waals surface area (Å²) >= 11 is 0. The SMILES string of the molecule is CN(C)c1cc(OCC2CCCN2C#N)ccn1. The first-order chi connectivity index (χ1) is 8.70. The molecule has 5 heteroatoms. The van der Waals surface area contributed by atoms with Gasteiger partial charge in [-0.25, -0.2) is 4.98 Å². The lowest BCUT2D eigenvalue weighted by Gasteiger charge is -2.19. The molecule has 2 heterocycles. The molecule has 1 fully saturated rings. The molecule has 5 nitrogen and oxygen atoms in total. The van der Waals surface area contributed by atoms with E-state index in [1.807, 2.05) is 31.1 Å². The van der Waals surface area contributed by atoms with E-state index in [0.717, 1.165) is 31.0 Å². The lowest BCUT2D eigenvalue weighted by atomic mass is 10.2. The van der Waals surface area contributed by atoms with Crippen molar-refractivity contribution in [3.63, 3.8) is 0 Å². The number of nitriles is 1. The zero-order chi connectivity index (χ0) is 13.0. The van der Waals surface area contributed by atoms with Crippen LogP contribution in [0.3, 0.4) is 0 Å². The second-order valence-corrected chi connectivity index (χ2v) is 4.64. The minimum atomic E-state index is 0.214.